The minimum atomic E-state index is -0.0150. The first-order valence-electron chi connectivity index (χ1n) is 2.76. The largest absolute Gasteiger partial charge is 0.337 e. The summed E-state index contributed by atoms with van der Waals surface area (Å²) in [6.45, 7) is 1.48. The van der Waals surface area contributed by atoms with Gasteiger partial charge in [-0.3, -0.25) is 4.79 Å². The molecular formula is C6H6N2OS. The van der Waals surface area contributed by atoms with Crippen molar-refractivity contribution < 1.29 is 4.79 Å². The van der Waals surface area contributed by atoms with Crippen molar-refractivity contribution in [3.63, 3.8) is 0 Å². The topological polar surface area (TPSA) is 45.8 Å². The van der Waals surface area contributed by atoms with Crippen LogP contribution in [0.4, 0.5) is 0 Å². The zero-order valence-corrected chi connectivity index (χ0v) is 6.23. The fourth-order valence-corrected chi connectivity index (χ4v) is 0.646. The number of ketones is 1. The van der Waals surface area contributed by atoms with Gasteiger partial charge in [0.2, 0.25) is 0 Å². The summed E-state index contributed by atoms with van der Waals surface area (Å²) >= 11 is 4.68. The Balaban J connectivity index is 3.12. The Bertz CT molecular complexity index is 284. The van der Waals surface area contributed by atoms with Gasteiger partial charge in [0.15, 0.2) is 10.6 Å². The van der Waals surface area contributed by atoms with Crippen LogP contribution in [0.25, 0.3) is 0 Å². The summed E-state index contributed by atoms with van der Waals surface area (Å²) in [7, 11) is 0. The molecule has 4 heteroatoms. The van der Waals surface area contributed by atoms with Crippen molar-refractivity contribution in [3.05, 3.63) is 22.7 Å². The molecule has 1 aromatic heterocycles. The van der Waals surface area contributed by atoms with Crippen LogP contribution in [0.2, 0.25) is 0 Å². The third-order valence-electron chi connectivity index (χ3n) is 1.08. The number of carbonyl (C=O) groups excluding carboxylic acids is 1. The predicted molar refractivity (Wildman–Crippen MR) is 39.4 cm³/mol. The van der Waals surface area contributed by atoms with Gasteiger partial charge in [-0.1, -0.05) is 0 Å². The van der Waals surface area contributed by atoms with Gasteiger partial charge in [0.1, 0.15) is 0 Å². The molecule has 0 bridgehead atoms. The number of H-pyrrole nitrogens is 1. The van der Waals surface area contributed by atoms with E-state index in [1.807, 2.05) is 0 Å². The molecule has 0 aliphatic carbocycles. The molecular weight excluding hydrogens is 148 g/mol. The summed E-state index contributed by atoms with van der Waals surface area (Å²) in [4.78, 5) is 17.1. The third kappa shape index (κ3) is 1.48. The van der Waals surface area contributed by atoms with Crippen LogP contribution < -0.4 is 0 Å². The normalized spacial score (nSPS) is 9.30. The standard InChI is InChI=1S/C6H6N2OS/c1-4(9)5-2-7-6(10)8-3-5/h2-3H,1H3,(H,7,8,10). The van der Waals surface area contributed by atoms with E-state index >= 15 is 0 Å². The van der Waals surface area contributed by atoms with Crippen LogP contribution in [-0.4, -0.2) is 15.8 Å². The first-order valence-corrected chi connectivity index (χ1v) is 3.16. The van der Waals surface area contributed by atoms with Gasteiger partial charge < -0.3 is 4.98 Å². The molecule has 0 fully saturated rings. The molecule has 3 nitrogen and oxygen atoms in total. The Labute approximate surface area is 63.1 Å². The Hall–Kier alpha value is -1.03. The number of nitrogens with one attached hydrogen (secondary N) is 1. The van der Waals surface area contributed by atoms with Gasteiger partial charge in [0.25, 0.3) is 0 Å². The number of carbonyl (C=O) groups is 1. The lowest BCUT2D eigenvalue weighted by Gasteiger charge is -1.90. The van der Waals surface area contributed by atoms with Gasteiger partial charge in [-0.05, 0) is 19.1 Å². The first kappa shape index (κ1) is 7.08. The predicted octanol–water partition coefficient (Wildman–Crippen LogP) is 1.34. The number of hydrogen-bond donors (Lipinski definition) is 1. The van der Waals surface area contributed by atoms with E-state index in [1.54, 1.807) is 6.20 Å². The Morgan fingerprint density at radius 3 is 2.90 bits per heavy atom. The van der Waals surface area contributed by atoms with Crippen molar-refractivity contribution in [2.75, 3.05) is 0 Å². The maximum absolute atomic E-state index is 10.7. The van der Waals surface area contributed by atoms with E-state index in [-0.39, 0.29) is 5.78 Å². The van der Waals surface area contributed by atoms with E-state index in [2.05, 4.69) is 22.2 Å². The molecule has 0 spiro atoms. The number of nitrogens with zero attached hydrogens (tertiary/aromatic N) is 1. The van der Waals surface area contributed by atoms with Crippen LogP contribution >= 0.6 is 12.2 Å². The number of Topliss-reactive ketones (excluding diaryl/α,β-unsaturated/α-hetero) is 1. The van der Waals surface area contributed by atoms with E-state index in [0.717, 1.165) is 0 Å². The lowest BCUT2D eigenvalue weighted by Crippen LogP contribution is -1.93. The molecule has 0 radical (unpaired) electrons. The average Bonchev–Trinajstić information content (AvgIpc) is 1.88. The summed E-state index contributed by atoms with van der Waals surface area (Å²) in [5.41, 5.74) is 0.550. The fourth-order valence-electron chi connectivity index (χ4n) is 0.535. The van der Waals surface area contributed by atoms with Crippen molar-refractivity contribution in [2.24, 2.45) is 0 Å². The highest BCUT2D eigenvalue weighted by molar-refractivity contribution is 7.71. The summed E-state index contributed by atoms with van der Waals surface area (Å²) < 4.78 is 0.394. The van der Waals surface area contributed by atoms with Crippen molar-refractivity contribution in [2.45, 2.75) is 6.92 Å². The van der Waals surface area contributed by atoms with Gasteiger partial charge >= 0.3 is 0 Å². The van der Waals surface area contributed by atoms with Crippen molar-refractivity contribution in [3.8, 4) is 0 Å². The van der Waals surface area contributed by atoms with Gasteiger partial charge in [-0.2, -0.15) is 0 Å². The lowest BCUT2D eigenvalue weighted by atomic mass is 10.2. The molecule has 0 amide bonds. The smallest absolute Gasteiger partial charge is 0.196 e. The molecule has 1 aromatic rings. The van der Waals surface area contributed by atoms with Crippen LogP contribution in [0.5, 0.6) is 0 Å². The van der Waals surface area contributed by atoms with E-state index in [1.165, 1.54) is 13.1 Å². The highest BCUT2D eigenvalue weighted by Crippen LogP contribution is 1.93. The Kier molecular flexibility index (Phi) is 1.91. The van der Waals surface area contributed by atoms with E-state index in [9.17, 15) is 4.79 Å². The van der Waals surface area contributed by atoms with Gasteiger partial charge in [-0.25, -0.2) is 4.98 Å². The molecule has 1 heterocycles. The second-order valence-corrected chi connectivity index (χ2v) is 2.25. The molecule has 0 saturated carbocycles. The maximum atomic E-state index is 10.7. The van der Waals surface area contributed by atoms with Crippen molar-refractivity contribution >= 4 is 18.0 Å². The summed E-state index contributed by atoms with van der Waals surface area (Å²) in [5.74, 6) is -0.0150. The number of rotatable bonds is 1. The zero-order valence-electron chi connectivity index (χ0n) is 5.42. The summed E-state index contributed by atoms with van der Waals surface area (Å²) in [6, 6.07) is 0. The van der Waals surface area contributed by atoms with Crippen LogP contribution in [0, 0.1) is 4.77 Å². The third-order valence-corrected chi connectivity index (χ3v) is 1.30. The molecule has 1 rings (SSSR count). The van der Waals surface area contributed by atoms with E-state index < -0.39 is 0 Å². The van der Waals surface area contributed by atoms with Crippen molar-refractivity contribution in [1.29, 1.82) is 0 Å². The average molecular weight is 154 g/mol. The number of aromatic amines is 1. The zero-order chi connectivity index (χ0) is 7.56. The van der Waals surface area contributed by atoms with E-state index in [0.29, 0.717) is 10.3 Å². The minimum Gasteiger partial charge on any atom is -0.337 e. The quantitative estimate of drug-likeness (QED) is 0.490. The monoisotopic (exact) mass is 154 g/mol. The highest BCUT2D eigenvalue weighted by Gasteiger charge is 1.95. The molecule has 0 unspecified atom stereocenters. The first-order chi connectivity index (χ1) is 4.70. The summed E-state index contributed by atoms with van der Waals surface area (Å²) in [5, 5.41) is 0. The minimum absolute atomic E-state index is 0.0150. The molecule has 1 N–H and O–H groups in total. The van der Waals surface area contributed by atoms with Crippen LogP contribution in [0.1, 0.15) is 17.3 Å². The summed E-state index contributed by atoms with van der Waals surface area (Å²) in [6.07, 6.45) is 3.01. The SMILES string of the molecule is CC(=O)c1cnc(=S)[nH]c1. The number of hydrogen-bond acceptors (Lipinski definition) is 3. The molecule has 0 atom stereocenters. The van der Waals surface area contributed by atoms with Crippen LogP contribution in [-0.2, 0) is 0 Å². The second-order valence-electron chi connectivity index (χ2n) is 1.86. The highest BCUT2D eigenvalue weighted by atomic mass is 32.1. The molecule has 0 aliphatic rings. The Morgan fingerprint density at radius 1 is 1.80 bits per heavy atom. The molecule has 0 aliphatic heterocycles. The molecule has 10 heavy (non-hydrogen) atoms. The van der Waals surface area contributed by atoms with Crippen LogP contribution in [0.3, 0.4) is 0 Å². The van der Waals surface area contributed by atoms with Crippen molar-refractivity contribution in [1.82, 2.24) is 9.97 Å². The van der Waals surface area contributed by atoms with Gasteiger partial charge in [-0.15, -0.1) is 0 Å². The van der Waals surface area contributed by atoms with Gasteiger partial charge in [0, 0.05) is 12.4 Å². The lowest BCUT2D eigenvalue weighted by molar-refractivity contribution is 0.101. The molecule has 52 valence electrons. The number of aromatic nitrogens is 2. The second kappa shape index (κ2) is 2.70. The van der Waals surface area contributed by atoms with Crippen LogP contribution in [0.15, 0.2) is 12.4 Å². The molecule has 0 saturated heterocycles. The Morgan fingerprint density at radius 2 is 2.50 bits per heavy atom. The maximum Gasteiger partial charge on any atom is 0.196 e. The van der Waals surface area contributed by atoms with Gasteiger partial charge in [0.05, 0.1) is 5.56 Å². The molecule has 0 aromatic carbocycles. The van der Waals surface area contributed by atoms with E-state index in [4.69, 9.17) is 0 Å². The fraction of sp³-hybridized carbons (Fsp3) is 0.167.